The van der Waals surface area contributed by atoms with Crippen LogP contribution in [-0.2, 0) is 19.1 Å². The molecule has 0 heterocycles. The highest BCUT2D eigenvalue weighted by atomic mass is 32.2. The van der Waals surface area contributed by atoms with Gasteiger partial charge in [0.2, 0.25) is 0 Å². The number of allylic oxidation sites excluding steroid dienone is 1. The van der Waals surface area contributed by atoms with Crippen LogP contribution in [0.4, 0.5) is 0 Å². The van der Waals surface area contributed by atoms with E-state index >= 15 is 0 Å². The van der Waals surface area contributed by atoms with E-state index in [-0.39, 0.29) is 11.3 Å². The predicted octanol–water partition coefficient (Wildman–Crippen LogP) is 4.23. The molecule has 0 aromatic heterocycles. The molecule has 4 nitrogen and oxygen atoms in total. The zero-order valence-corrected chi connectivity index (χ0v) is 13.7. The van der Waals surface area contributed by atoms with Crippen molar-refractivity contribution in [3.05, 3.63) is 43.0 Å². The fourth-order valence-corrected chi connectivity index (χ4v) is 2.98. The standard InChI is InChI=1S/C17H24O4S/c1-2-3-4-5-6-7-8-12-15-17(18)21-22(19,20)16-13-10-9-11-14-16/h2,9-11,13-14H,1,3-8,12,15H2. The third kappa shape index (κ3) is 7.41. The van der Waals surface area contributed by atoms with E-state index in [0.29, 0.717) is 6.42 Å². The Bertz CT molecular complexity index is 549. The van der Waals surface area contributed by atoms with Gasteiger partial charge in [-0.05, 0) is 31.4 Å². The fraction of sp³-hybridized carbons (Fsp3) is 0.471. The molecule has 0 bridgehead atoms. The Kier molecular flexibility index (Phi) is 8.51. The largest absolute Gasteiger partial charge is 0.342 e. The second-order valence-electron chi connectivity index (χ2n) is 5.17. The van der Waals surface area contributed by atoms with Gasteiger partial charge in [-0.1, -0.05) is 50.0 Å². The minimum Gasteiger partial charge on any atom is -0.342 e. The van der Waals surface area contributed by atoms with Gasteiger partial charge in [-0.25, -0.2) is 0 Å². The van der Waals surface area contributed by atoms with Gasteiger partial charge in [0.1, 0.15) is 4.90 Å². The van der Waals surface area contributed by atoms with Crippen molar-refractivity contribution in [3.8, 4) is 0 Å². The average molecular weight is 324 g/mol. The van der Waals surface area contributed by atoms with Crippen molar-refractivity contribution < 1.29 is 17.4 Å². The van der Waals surface area contributed by atoms with Crippen LogP contribution in [-0.4, -0.2) is 14.4 Å². The molecule has 0 aliphatic rings. The van der Waals surface area contributed by atoms with Gasteiger partial charge in [-0.15, -0.1) is 6.58 Å². The highest BCUT2D eigenvalue weighted by Crippen LogP contribution is 2.14. The van der Waals surface area contributed by atoms with Crippen molar-refractivity contribution in [1.29, 1.82) is 0 Å². The van der Waals surface area contributed by atoms with Crippen LogP contribution < -0.4 is 0 Å². The Labute approximate surface area is 133 Å². The Morgan fingerprint density at radius 1 is 1.00 bits per heavy atom. The molecule has 0 amide bonds. The van der Waals surface area contributed by atoms with E-state index in [9.17, 15) is 13.2 Å². The lowest BCUT2D eigenvalue weighted by atomic mass is 10.1. The molecular weight excluding hydrogens is 300 g/mol. The fourth-order valence-electron chi connectivity index (χ4n) is 2.06. The first kappa shape index (κ1) is 18.4. The highest BCUT2D eigenvalue weighted by molar-refractivity contribution is 7.87. The molecule has 0 aliphatic carbocycles. The first-order chi connectivity index (χ1) is 10.6. The normalized spacial score (nSPS) is 11.1. The van der Waals surface area contributed by atoms with Crippen molar-refractivity contribution in [2.24, 2.45) is 0 Å². The summed E-state index contributed by atoms with van der Waals surface area (Å²) in [5.41, 5.74) is 0. The molecule has 0 radical (unpaired) electrons. The van der Waals surface area contributed by atoms with E-state index in [1.165, 1.54) is 18.6 Å². The van der Waals surface area contributed by atoms with E-state index in [2.05, 4.69) is 10.8 Å². The van der Waals surface area contributed by atoms with E-state index in [0.717, 1.165) is 32.1 Å². The van der Waals surface area contributed by atoms with Crippen LogP contribution in [0.3, 0.4) is 0 Å². The maximum absolute atomic E-state index is 11.8. The SMILES string of the molecule is C=CCCCCCCCCC(=O)OS(=O)(=O)c1ccccc1. The summed E-state index contributed by atoms with van der Waals surface area (Å²) in [6.45, 7) is 3.68. The van der Waals surface area contributed by atoms with Gasteiger partial charge < -0.3 is 4.18 Å². The van der Waals surface area contributed by atoms with Crippen LogP contribution in [0, 0.1) is 0 Å². The summed E-state index contributed by atoms with van der Waals surface area (Å²) in [6.07, 6.45) is 9.17. The molecule has 0 unspecified atom stereocenters. The summed E-state index contributed by atoms with van der Waals surface area (Å²) >= 11 is 0. The van der Waals surface area contributed by atoms with E-state index in [4.69, 9.17) is 0 Å². The molecule has 0 aliphatic heterocycles. The van der Waals surface area contributed by atoms with Crippen LogP contribution in [0.15, 0.2) is 47.9 Å². The molecule has 0 spiro atoms. The molecule has 1 aromatic rings. The third-order valence-corrected chi connectivity index (χ3v) is 4.53. The van der Waals surface area contributed by atoms with Crippen molar-refractivity contribution >= 4 is 16.1 Å². The highest BCUT2D eigenvalue weighted by Gasteiger charge is 2.19. The van der Waals surface area contributed by atoms with Gasteiger partial charge in [0.05, 0.1) is 0 Å². The molecule has 5 heteroatoms. The summed E-state index contributed by atoms with van der Waals surface area (Å²) in [5, 5.41) is 0. The molecule has 122 valence electrons. The average Bonchev–Trinajstić information content (AvgIpc) is 2.50. The van der Waals surface area contributed by atoms with Gasteiger partial charge in [-0.3, -0.25) is 4.79 Å². The summed E-state index contributed by atoms with van der Waals surface area (Å²) in [5.74, 6) is -0.685. The van der Waals surface area contributed by atoms with Crippen molar-refractivity contribution in [2.75, 3.05) is 0 Å². The number of rotatable bonds is 11. The molecule has 1 rings (SSSR count). The maximum atomic E-state index is 11.8. The number of hydrogen-bond donors (Lipinski definition) is 0. The number of hydrogen-bond acceptors (Lipinski definition) is 4. The lowest BCUT2D eigenvalue weighted by molar-refractivity contribution is -0.133. The zero-order valence-electron chi connectivity index (χ0n) is 12.9. The first-order valence-electron chi connectivity index (χ1n) is 7.69. The van der Waals surface area contributed by atoms with Crippen LogP contribution in [0.25, 0.3) is 0 Å². The molecule has 0 fully saturated rings. The van der Waals surface area contributed by atoms with Gasteiger partial charge in [-0.2, -0.15) is 8.42 Å². The quantitative estimate of drug-likeness (QED) is 0.347. The van der Waals surface area contributed by atoms with E-state index in [1.807, 2.05) is 6.08 Å². The number of unbranched alkanes of at least 4 members (excludes halogenated alkanes) is 6. The second kappa shape index (κ2) is 10.2. The van der Waals surface area contributed by atoms with Gasteiger partial charge in [0.25, 0.3) is 0 Å². The van der Waals surface area contributed by atoms with Gasteiger partial charge in [0.15, 0.2) is 0 Å². The molecule has 0 N–H and O–H groups in total. The summed E-state index contributed by atoms with van der Waals surface area (Å²) in [7, 11) is -3.98. The predicted molar refractivity (Wildman–Crippen MR) is 86.9 cm³/mol. The van der Waals surface area contributed by atoms with E-state index < -0.39 is 16.1 Å². The molecule has 22 heavy (non-hydrogen) atoms. The van der Waals surface area contributed by atoms with Crippen molar-refractivity contribution in [2.45, 2.75) is 56.3 Å². The molecule has 0 atom stereocenters. The lowest BCUT2D eigenvalue weighted by Gasteiger charge is -2.05. The molecular formula is C17H24O4S. The number of carbonyl (C=O) groups is 1. The number of benzene rings is 1. The summed E-state index contributed by atoms with van der Waals surface area (Å²) < 4.78 is 28.3. The second-order valence-corrected chi connectivity index (χ2v) is 6.72. The molecule has 1 aromatic carbocycles. The Hall–Kier alpha value is -1.62. The summed E-state index contributed by atoms with van der Waals surface area (Å²) in [4.78, 5) is 11.6. The summed E-state index contributed by atoms with van der Waals surface area (Å²) in [6, 6.07) is 7.70. The van der Waals surface area contributed by atoms with Crippen LogP contribution in [0.1, 0.15) is 51.4 Å². The van der Waals surface area contributed by atoms with Crippen molar-refractivity contribution in [3.63, 3.8) is 0 Å². The zero-order chi connectivity index (χ0) is 16.3. The van der Waals surface area contributed by atoms with Crippen LogP contribution in [0.5, 0.6) is 0 Å². The Morgan fingerprint density at radius 3 is 2.23 bits per heavy atom. The Morgan fingerprint density at radius 2 is 1.59 bits per heavy atom. The molecule has 0 saturated carbocycles. The van der Waals surface area contributed by atoms with Gasteiger partial charge >= 0.3 is 16.1 Å². The topological polar surface area (TPSA) is 60.4 Å². The molecule has 0 saturated heterocycles. The maximum Gasteiger partial charge on any atom is 0.341 e. The smallest absolute Gasteiger partial charge is 0.341 e. The van der Waals surface area contributed by atoms with Crippen molar-refractivity contribution in [1.82, 2.24) is 0 Å². The minimum atomic E-state index is -3.98. The third-order valence-electron chi connectivity index (χ3n) is 3.27. The lowest BCUT2D eigenvalue weighted by Crippen LogP contribution is -2.13. The first-order valence-corrected chi connectivity index (χ1v) is 9.10. The van der Waals surface area contributed by atoms with Gasteiger partial charge in [0, 0.05) is 6.42 Å². The minimum absolute atomic E-state index is 0.00516. The Balaban J connectivity index is 2.20. The van der Waals surface area contributed by atoms with Crippen LogP contribution in [0.2, 0.25) is 0 Å². The van der Waals surface area contributed by atoms with Crippen LogP contribution >= 0.6 is 0 Å². The van der Waals surface area contributed by atoms with E-state index in [1.54, 1.807) is 18.2 Å². The monoisotopic (exact) mass is 324 g/mol. The number of carbonyl (C=O) groups excluding carboxylic acids is 1.